The fraction of sp³-hybridized carbons (Fsp3) is 0.400. The first-order valence-corrected chi connectivity index (χ1v) is 6.98. The fourth-order valence-electron chi connectivity index (χ4n) is 2.46. The SMILES string of the molecule is O=C(C1=COCCO1)N1CCN(c2ccc(F)cc2)CC1. The van der Waals surface area contributed by atoms with Crippen LogP contribution in [0.3, 0.4) is 0 Å². The van der Waals surface area contributed by atoms with Crippen molar-refractivity contribution < 1.29 is 18.7 Å². The third-order valence-electron chi connectivity index (χ3n) is 3.62. The molecule has 0 radical (unpaired) electrons. The number of nitrogens with zero attached hydrogens (tertiary/aromatic N) is 2. The second-order valence-electron chi connectivity index (χ2n) is 4.96. The quantitative estimate of drug-likeness (QED) is 0.825. The highest BCUT2D eigenvalue weighted by Crippen LogP contribution is 2.18. The summed E-state index contributed by atoms with van der Waals surface area (Å²) in [5.74, 6) is -0.0983. The Morgan fingerprint density at radius 2 is 1.76 bits per heavy atom. The van der Waals surface area contributed by atoms with Gasteiger partial charge in [0.05, 0.1) is 0 Å². The van der Waals surface area contributed by atoms with Crippen LogP contribution in [0.5, 0.6) is 0 Å². The molecule has 0 unspecified atom stereocenters. The lowest BCUT2D eigenvalue weighted by Crippen LogP contribution is -2.49. The highest BCUT2D eigenvalue weighted by atomic mass is 19.1. The van der Waals surface area contributed by atoms with Crippen molar-refractivity contribution in [1.82, 2.24) is 4.90 Å². The number of halogens is 1. The molecule has 2 aliphatic rings. The van der Waals surface area contributed by atoms with Gasteiger partial charge in [0.1, 0.15) is 25.3 Å². The lowest BCUT2D eigenvalue weighted by molar-refractivity contribution is -0.132. The van der Waals surface area contributed by atoms with Gasteiger partial charge in [-0.25, -0.2) is 4.39 Å². The van der Waals surface area contributed by atoms with E-state index in [9.17, 15) is 9.18 Å². The molecule has 21 heavy (non-hydrogen) atoms. The Balaban J connectivity index is 1.58. The highest BCUT2D eigenvalue weighted by Gasteiger charge is 2.26. The number of carbonyl (C=O) groups is 1. The van der Waals surface area contributed by atoms with Crippen LogP contribution in [0.4, 0.5) is 10.1 Å². The molecule has 0 aliphatic carbocycles. The van der Waals surface area contributed by atoms with Crippen LogP contribution in [0.15, 0.2) is 36.3 Å². The van der Waals surface area contributed by atoms with Gasteiger partial charge in [0.2, 0.25) is 5.76 Å². The van der Waals surface area contributed by atoms with E-state index in [0.717, 1.165) is 5.69 Å². The number of hydrogen-bond acceptors (Lipinski definition) is 4. The molecule has 3 rings (SSSR count). The maximum Gasteiger partial charge on any atom is 0.292 e. The Hall–Kier alpha value is -2.24. The number of piperazine rings is 1. The summed E-state index contributed by atoms with van der Waals surface area (Å²) in [5.41, 5.74) is 0.972. The summed E-state index contributed by atoms with van der Waals surface area (Å²) in [4.78, 5) is 16.1. The lowest BCUT2D eigenvalue weighted by atomic mass is 10.2. The average molecular weight is 292 g/mol. The molecule has 2 aliphatic heterocycles. The summed E-state index contributed by atoms with van der Waals surface area (Å²) in [6.45, 7) is 3.53. The number of carbonyl (C=O) groups excluding carboxylic acids is 1. The van der Waals surface area contributed by atoms with E-state index in [1.807, 2.05) is 0 Å². The summed E-state index contributed by atoms with van der Waals surface area (Å²) in [6, 6.07) is 6.41. The first-order valence-electron chi connectivity index (χ1n) is 6.98. The van der Waals surface area contributed by atoms with E-state index in [1.165, 1.54) is 18.4 Å². The Morgan fingerprint density at radius 1 is 1.05 bits per heavy atom. The second-order valence-corrected chi connectivity index (χ2v) is 4.96. The van der Waals surface area contributed by atoms with E-state index in [4.69, 9.17) is 9.47 Å². The first kappa shape index (κ1) is 13.7. The van der Waals surface area contributed by atoms with Crippen LogP contribution in [0.25, 0.3) is 0 Å². The van der Waals surface area contributed by atoms with Crippen molar-refractivity contribution in [2.75, 3.05) is 44.3 Å². The summed E-state index contributed by atoms with van der Waals surface area (Å²) in [5, 5.41) is 0. The van der Waals surface area contributed by atoms with Crippen molar-refractivity contribution in [2.24, 2.45) is 0 Å². The Kier molecular flexibility index (Phi) is 3.94. The van der Waals surface area contributed by atoms with Crippen LogP contribution in [-0.2, 0) is 14.3 Å². The largest absolute Gasteiger partial charge is 0.494 e. The molecule has 112 valence electrons. The smallest absolute Gasteiger partial charge is 0.292 e. The van der Waals surface area contributed by atoms with Gasteiger partial charge in [-0.1, -0.05) is 0 Å². The van der Waals surface area contributed by atoms with Crippen LogP contribution in [0, 0.1) is 5.82 Å². The van der Waals surface area contributed by atoms with Crippen LogP contribution >= 0.6 is 0 Å². The molecular weight excluding hydrogens is 275 g/mol. The van der Waals surface area contributed by atoms with Gasteiger partial charge in [0.15, 0.2) is 0 Å². The van der Waals surface area contributed by atoms with Crippen LogP contribution in [0.1, 0.15) is 0 Å². The fourth-order valence-corrected chi connectivity index (χ4v) is 2.46. The Morgan fingerprint density at radius 3 is 2.38 bits per heavy atom. The first-order chi connectivity index (χ1) is 10.2. The molecule has 0 spiro atoms. The van der Waals surface area contributed by atoms with Crippen LogP contribution in [0.2, 0.25) is 0 Å². The molecule has 1 amide bonds. The van der Waals surface area contributed by atoms with E-state index in [1.54, 1.807) is 17.0 Å². The summed E-state index contributed by atoms with van der Waals surface area (Å²) in [6.07, 6.45) is 1.39. The second kappa shape index (κ2) is 6.03. The number of rotatable bonds is 2. The standard InChI is InChI=1S/C15H17FN2O3/c16-12-1-3-13(4-2-12)17-5-7-18(8-6-17)15(19)14-11-20-9-10-21-14/h1-4,11H,5-10H2. The highest BCUT2D eigenvalue weighted by molar-refractivity contribution is 5.91. The zero-order valence-corrected chi connectivity index (χ0v) is 11.6. The van der Waals surface area contributed by atoms with Gasteiger partial charge in [0.25, 0.3) is 5.91 Å². The molecule has 0 aromatic heterocycles. The number of hydrogen-bond donors (Lipinski definition) is 0. The van der Waals surface area contributed by atoms with Crippen molar-refractivity contribution in [3.63, 3.8) is 0 Å². The van der Waals surface area contributed by atoms with Crippen molar-refractivity contribution in [3.8, 4) is 0 Å². The van der Waals surface area contributed by atoms with Crippen LogP contribution in [-0.4, -0.2) is 50.2 Å². The van der Waals surface area contributed by atoms with E-state index in [-0.39, 0.29) is 17.5 Å². The van der Waals surface area contributed by atoms with Gasteiger partial charge < -0.3 is 19.3 Å². The summed E-state index contributed by atoms with van der Waals surface area (Å²) in [7, 11) is 0. The van der Waals surface area contributed by atoms with Gasteiger partial charge in [-0.05, 0) is 24.3 Å². The zero-order chi connectivity index (χ0) is 14.7. The number of anilines is 1. The lowest BCUT2D eigenvalue weighted by Gasteiger charge is -2.36. The maximum atomic E-state index is 12.9. The summed E-state index contributed by atoms with van der Waals surface area (Å²) >= 11 is 0. The number of benzene rings is 1. The third kappa shape index (κ3) is 3.09. The normalized spacial score (nSPS) is 18.6. The molecule has 0 bridgehead atoms. The molecule has 1 fully saturated rings. The van der Waals surface area contributed by atoms with E-state index in [0.29, 0.717) is 39.4 Å². The minimum atomic E-state index is -0.242. The monoisotopic (exact) mass is 292 g/mol. The minimum Gasteiger partial charge on any atom is -0.494 e. The molecule has 0 saturated carbocycles. The molecule has 5 nitrogen and oxygen atoms in total. The maximum absolute atomic E-state index is 12.9. The Labute approximate surface area is 122 Å². The Bertz CT molecular complexity index is 536. The van der Waals surface area contributed by atoms with Gasteiger partial charge in [0, 0.05) is 31.9 Å². The molecule has 1 aromatic carbocycles. The predicted molar refractivity (Wildman–Crippen MR) is 75.2 cm³/mol. The van der Waals surface area contributed by atoms with Crippen LogP contribution < -0.4 is 4.90 Å². The zero-order valence-electron chi connectivity index (χ0n) is 11.6. The van der Waals surface area contributed by atoms with Gasteiger partial charge in [-0.3, -0.25) is 4.79 Å². The van der Waals surface area contributed by atoms with Crippen molar-refractivity contribution in [2.45, 2.75) is 0 Å². The molecule has 1 aromatic rings. The van der Waals surface area contributed by atoms with E-state index in [2.05, 4.69) is 4.90 Å². The number of ether oxygens (including phenoxy) is 2. The molecule has 0 N–H and O–H groups in total. The average Bonchev–Trinajstić information content (AvgIpc) is 2.56. The molecular formula is C15H17FN2O3. The number of amides is 1. The van der Waals surface area contributed by atoms with Gasteiger partial charge >= 0.3 is 0 Å². The minimum absolute atomic E-state index is 0.131. The topological polar surface area (TPSA) is 42.0 Å². The van der Waals surface area contributed by atoms with Crippen molar-refractivity contribution in [1.29, 1.82) is 0 Å². The third-order valence-corrected chi connectivity index (χ3v) is 3.62. The molecule has 2 heterocycles. The van der Waals surface area contributed by atoms with Gasteiger partial charge in [-0.15, -0.1) is 0 Å². The van der Waals surface area contributed by atoms with Gasteiger partial charge in [-0.2, -0.15) is 0 Å². The molecule has 0 atom stereocenters. The summed E-state index contributed by atoms with van der Waals surface area (Å²) < 4.78 is 23.3. The molecule has 6 heteroatoms. The predicted octanol–water partition coefficient (Wildman–Crippen LogP) is 1.36. The van der Waals surface area contributed by atoms with E-state index >= 15 is 0 Å². The van der Waals surface area contributed by atoms with Crippen molar-refractivity contribution >= 4 is 11.6 Å². The molecule has 1 saturated heterocycles. The van der Waals surface area contributed by atoms with Crippen molar-refractivity contribution in [3.05, 3.63) is 42.1 Å². The van der Waals surface area contributed by atoms with E-state index < -0.39 is 0 Å².